The molecule has 3 heterocycles. The lowest BCUT2D eigenvalue weighted by Crippen LogP contribution is -2.53. The lowest BCUT2D eigenvalue weighted by molar-refractivity contribution is -0.607. The molecule has 10 nitrogen and oxygen atoms in total. The summed E-state index contributed by atoms with van der Waals surface area (Å²) in [7, 11) is -4.20. The summed E-state index contributed by atoms with van der Waals surface area (Å²) in [6.45, 7) is 3.22. The molecule has 0 spiro atoms. The number of likely N-dealkylation sites (tertiary alicyclic amines) is 1. The molecule has 1 aromatic heterocycles. The number of nitrogens with one attached hydrogen (secondary N) is 1. The van der Waals surface area contributed by atoms with Gasteiger partial charge < -0.3 is 15.4 Å². The SMILES string of the molecule is CC(C)CC(NC(=O)c1ccc(C(F)(F)F)cc1)C(=O)N1CCC2C1C(=O)CN2S(=O)(=O)c1ccc[n+]([O-])c1. The fourth-order valence-corrected chi connectivity index (χ4v) is 6.64. The molecule has 2 saturated heterocycles. The van der Waals surface area contributed by atoms with E-state index in [9.17, 15) is 41.2 Å². The second-order valence-electron chi connectivity index (χ2n) is 9.98. The number of Topliss-reactive ketones (excluding diaryl/α,β-unsaturated/α-hetero) is 1. The van der Waals surface area contributed by atoms with Gasteiger partial charge in [0.1, 0.15) is 17.0 Å². The molecule has 39 heavy (non-hydrogen) atoms. The molecule has 0 radical (unpaired) electrons. The van der Waals surface area contributed by atoms with Crippen LogP contribution < -0.4 is 10.0 Å². The third-order valence-electron chi connectivity index (χ3n) is 6.80. The van der Waals surface area contributed by atoms with Gasteiger partial charge in [-0.05, 0) is 49.1 Å². The second kappa shape index (κ2) is 10.6. The molecule has 0 bridgehead atoms. The highest BCUT2D eigenvalue weighted by molar-refractivity contribution is 7.89. The summed E-state index contributed by atoms with van der Waals surface area (Å²) in [5.41, 5.74) is -0.992. The first kappa shape index (κ1) is 28.5. The predicted molar refractivity (Wildman–Crippen MR) is 130 cm³/mol. The summed E-state index contributed by atoms with van der Waals surface area (Å²) in [5.74, 6) is -1.90. The number of pyridine rings is 1. The molecule has 0 aliphatic carbocycles. The number of carbonyl (C=O) groups is 3. The van der Waals surface area contributed by atoms with Crippen LogP contribution in [0.2, 0.25) is 0 Å². The molecule has 3 atom stereocenters. The molecule has 2 fully saturated rings. The predicted octanol–water partition coefficient (Wildman–Crippen LogP) is 1.73. The number of halogens is 3. The van der Waals surface area contributed by atoms with Crippen LogP contribution in [0.4, 0.5) is 13.2 Å². The van der Waals surface area contributed by atoms with Crippen molar-refractivity contribution in [3.8, 4) is 0 Å². The van der Waals surface area contributed by atoms with Crippen LogP contribution in [0.1, 0.15) is 42.6 Å². The molecule has 2 aliphatic rings. The van der Waals surface area contributed by atoms with Crippen molar-refractivity contribution in [1.82, 2.24) is 14.5 Å². The third-order valence-corrected chi connectivity index (χ3v) is 8.65. The Bertz CT molecular complexity index is 1380. The molecular weight excluding hydrogens is 541 g/mol. The lowest BCUT2D eigenvalue weighted by atomic mass is 10.0. The van der Waals surface area contributed by atoms with Gasteiger partial charge in [0, 0.05) is 18.2 Å². The van der Waals surface area contributed by atoms with E-state index in [4.69, 9.17) is 0 Å². The fourth-order valence-electron chi connectivity index (χ4n) is 5.01. The largest absolute Gasteiger partial charge is 0.619 e. The van der Waals surface area contributed by atoms with E-state index >= 15 is 0 Å². The summed E-state index contributed by atoms with van der Waals surface area (Å²) in [6, 6.07) is 3.10. The van der Waals surface area contributed by atoms with Crippen LogP contribution in [0.25, 0.3) is 0 Å². The van der Waals surface area contributed by atoms with Gasteiger partial charge in [-0.25, -0.2) is 8.42 Å². The van der Waals surface area contributed by atoms with Crippen molar-refractivity contribution in [3.05, 3.63) is 65.1 Å². The molecule has 3 unspecified atom stereocenters. The topological polar surface area (TPSA) is 131 Å². The molecule has 1 N–H and O–H groups in total. The molecule has 2 aromatic rings. The average molecular weight is 569 g/mol. The highest BCUT2D eigenvalue weighted by atomic mass is 32.2. The molecule has 2 aliphatic heterocycles. The number of amides is 2. The number of benzene rings is 1. The lowest BCUT2D eigenvalue weighted by Gasteiger charge is -2.29. The van der Waals surface area contributed by atoms with Crippen molar-refractivity contribution >= 4 is 27.6 Å². The number of ketones is 1. The average Bonchev–Trinajstić information content (AvgIpc) is 3.44. The zero-order valence-electron chi connectivity index (χ0n) is 21.1. The first-order chi connectivity index (χ1) is 18.2. The molecule has 14 heteroatoms. The number of sulfonamides is 1. The molecule has 2 amide bonds. The molecule has 1 aromatic carbocycles. The number of rotatable bonds is 7. The van der Waals surface area contributed by atoms with Crippen LogP contribution in [-0.2, 0) is 25.8 Å². The standard InChI is InChI=1S/C25H27F3N4O6S/c1-15(2)12-19(29-23(34)16-5-7-17(8-6-16)25(26,27)28)24(35)31-11-9-20-22(31)21(33)14-32(20)39(37,38)18-4-3-10-30(36)13-18/h3-8,10,13,15,19-20,22H,9,11-12,14H2,1-2H3,(H,29,34). The number of hydrogen-bond donors (Lipinski definition) is 1. The Labute approximate surface area is 223 Å². The first-order valence-corrected chi connectivity index (χ1v) is 13.7. The minimum atomic E-state index is -4.57. The van der Waals surface area contributed by atoms with Crippen LogP contribution in [0, 0.1) is 11.1 Å². The Kier molecular flexibility index (Phi) is 7.72. The normalized spacial score (nSPS) is 20.8. The molecular formula is C25H27F3N4O6S. The minimum absolute atomic E-state index is 0.0625. The highest BCUT2D eigenvalue weighted by Gasteiger charge is 2.54. The quantitative estimate of drug-likeness (QED) is 0.400. The van der Waals surface area contributed by atoms with Crippen molar-refractivity contribution < 1.29 is 40.7 Å². The fraction of sp³-hybridized carbons (Fsp3) is 0.440. The summed E-state index contributed by atoms with van der Waals surface area (Å²) in [5, 5.41) is 14.2. The summed E-state index contributed by atoms with van der Waals surface area (Å²) < 4.78 is 66.4. The van der Waals surface area contributed by atoms with Gasteiger partial charge in [-0.15, -0.1) is 0 Å². The Morgan fingerprint density at radius 3 is 2.44 bits per heavy atom. The van der Waals surface area contributed by atoms with Crippen LogP contribution in [0.15, 0.2) is 53.7 Å². The van der Waals surface area contributed by atoms with E-state index in [2.05, 4.69) is 5.32 Å². The van der Waals surface area contributed by atoms with E-state index in [-0.39, 0.29) is 35.8 Å². The maximum Gasteiger partial charge on any atom is 0.416 e. The number of nitrogens with zero attached hydrogens (tertiary/aromatic N) is 3. The van der Waals surface area contributed by atoms with E-state index in [0.717, 1.165) is 41.0 Å². The van der Waals surface area contributed by atoms with E-state index in [1.807, 2.05) is 13.8 Å². The van der Waals surface area contributed by atoms with Crippen molar-refractivity contribution in [2.45, 2.75) is 55.9 Å². The Morgan fingerprint density at radius 2 is 1.85 bits per heavy atom. The van der Waals surface area contributed by atoms with E-state index in [0.29, 0.717) is 4.73 Å². The van der Waals surface area contributed by atoms with Crippen molar-refractivity contribution in [2.75, 3.05) is 13.1 Å². The van der Waals surface area contributed by atoms with Crippen LogP contribution in [0.5, 0.6) is 0 Å². The number of alkyl halides is 3. The Hall–Kier alpha value is -3.52. The number of fused-ring (bicyclic) bond motifs is 1. The van der Waals surface area contributed by atoms with Gasteiger partial charge in [0.25, 0.3) is 5.91 Å². The maximum absolute atomic E-state index is 13.6. The molecule has 4 rings (SSSR count). The minimum Gasteiger partial charge on any atom is -0.619 e. The van der Waals surface area contributed by atoms with Crippen molar-refractivity contribution in [3.63, 3.8) is 0 Å². The highest BCUT2D eigenvalue weighted by Crippen LogP contribution is 2.34. The monoisotopic (exact) mass is 568 g/mol. The number of aromatic nitrogens is 1. The maximum atomic E-state index is 13.6. The molecule has 210 valence electrons. The summed E-state index contributed by atoms with van der Waals surface area (Å²) in [4.78, 5) is 40.4. The van der Waals surface area contributed by atoms with Gasteiger partial charge in [-0.2, -0.15) is 22.2 Å². The molecule has 0 saturated carbocycles. The Balaban J connectivity index is 1.53. The number of hydrogen-bond acceptors (Lipinski definition) is 6. The summed E-state index contributed by atoms with van der Waals surface area (Å²) in [6.07, 6.45) is -2.19. The first-order valence-electron chi connectivity index (χ1n) is 12.2. The van der Waals surface area contributed by atoms with Crippen LogP contribution >= 0.6 is 0 Å². The van der Waals surface area contributed by atoms with Crippen molar-refractivity contribution in [2.24, 2.45) is 5.92 Å². The third kappa shape index (κ3) is 5.76. The smallest absolute Gasteiger partial charge is 0.416 e. The van der Waals surface area contributed by atoms with Gasteiger partial charge in [0.05, 0.1) is 18.2 Å². The second-order valence-corrected chi connectivity index (χ2v) is 11.9. The van der Waals surface area contributed by atoms with Gasteiger partial charge in [0.2, 0.25) is 15.9 Å². The van der Waals surface area contributed by atoms with Gasteiger partial charge >= 0.3 is 6.18 Å². The zero-order valence-corrected chi connectivity index (χ0v) is 21.9. The van der Waals surface area contributed by atoms with Gasteiger partial charge in [0.15, 0.2) is 18.2 Å². The zero-order chi connectivity index (χ0) is 28.7. The van der Waals surface area contributed by atoms with Crippen molar-refractivity contribution in [1.29, 1.82) is 0 Å². The van der Waals surface area contributed by atoms with Gasteiger partial charge in [-0.3, -0.25) is 14.4 Å². The van der Waals surface area contributed by atoms with Crippen LogP contribution in [-0.4, -0.2) is 66.4 Å². The summed E-state index contributed by atoms with van der Waals surface area (Å²) >= 11 is 0. The van der Waals surface area contributed by atoms with Crippen LogP contribution in [0.3, 0.4) is 0 Å². The van der Waals surface area contributed by atoms with E-state index < -0.39 is 64.0 Å². The van der Waals surface area contributed by atoms with Gasteiger partial charge in [-0.1, -0.05) is 13.8 Å². The van der Waals surface area contributed by atoms with E-state index in [1.165, 1.54) is 17.0 Å². The Morgan fingerprint density at radius 1 is 1.18 bits per heavy atom. The number of carbonyl (C=O) groups excluding carboxylic acids is 3. The van der Waals surface area contributed by atoms with E-state index in [1.54, 1.807) is 0 Å².